The second-order valence-electron chi connectivity index (χ2n) is 3.72. The molecule has 0 unspecified atom stereocenters. The summed E-state index contributed by atoms with van der Waals surface area (Å²) in [5.74, 6) is -2.68. The summed E-state index contributed by atoms with van der Waals surface area (Å²) >= 11 is 5.79. The van der Waals surface area contributed by atoms with Crippen molar-refractivity contribution in [3.8, 4) is 0 Å². The van der Waals surface area contributed by atoms with E-state index in [1.54, 1.807) is 0 Å². The highest BCUT2D eigenvalue weighted by Gasteiger charge is 2.23. The molecule has 0 amide bonds. The summed E-state index contributed by atoms with van der Waals surface area (Å²) in [5.41, 5.74) is -0.607. The third-order valence-electron chi connectivity index (χ3n) is 2.48. The number of aryl methyl sites for hydroxylation is 1. The van der Waals surface area contributed by atoms with E-state index < -0.39 is 23.0 Å². The summed E-state index contributed by atoms with van der Waals surface area (Å²) in [6.07, 6.45) is 1.34. The van der Waals surface area contributed by atoms with Crippen LogP contribution in [0, 0.1) is 18.6 Å². The van der Waals surface area contributed by atoms with Crippen molar-refractivity contribution in [2.24, 2.45) is 0 Å². The van der Waals surface area contributed by atoms with Crippen LogP contribution in [-0.2, 0) is 0 Å². The Morgan fingerprint density at radius 2 is 2.00 bits per heavy atom. The van der Waals surface area contributed by atoms with E-state index in [4.69, 9.17) is 11.6 Å². The van der Waals surface area contributed by atoms with E-state index in [0.29, 0.717) is 0 Å². The Labute approximate surface area is 107 Å². The molecule has 1 aromatic heterocycles. The molecular formula is C13H8ClF2NO. The maximum absolute atomic E-state index is 13.8. The molecule has 0 saturated heterocycles. The fourth-order valence-electron chi connectivity index (χ4n) is 1.54. The Morgan fingerprint density at radius 3 is 2.67 bits per heavy atom. The third-order valence-corrected chi connectivity index (χ3v) is 2.79. The van der Waals surface area contributed by atoms with Gasteiger partial charge >= 0.3 is 0 Å². The molecular weight excluding hydrogens is 260 g/mol. The quantitative estimate of drug-likeness (QED) is 0.779. The Bertz CT molecular complexity index is 628. The molecule has 0 bridgehead atoms. The van der Waals surface area contributed by atoms with E-state index in [1.807, 2.05) is 0 Å². The third kappa shape index (κ3) is 2.11. The molecule has 2 rings (SSSR count). The Hall–Kier alpha value is -1.81. The molecule has 0 N–H and O–H groups in total. The lowest BCUT2D eigenvalue weighted by atomic mass is 10.0. The first-order valence-corrected chi connectivity index (χ1v) is 5.50. The Balaban J connectivity index is 2.61. The highest BCUT2D eigenvalue weighted by molar-refractivity contribution is 6.34. The van der Waals surface area contributed by atoms with Crippen molar-refractivity contribution in [1.82, 2.24) is 4.98 Å². The van der Waals surface area contributed by atoms with Crippen LogP contribution in [0.3, 0.4) is 0 Å². The van der Waals surface area contributed by atoms with Gasteiger partial charge in [-0.15, -0.1) is 0 Å². The van der Waals surface area contributed by atoms with Gasteiger partial charge in [-0.2, -0.15) is 0 Å². The molecule has 0 saturated carbocycles. The van der Waals surface area contributed by atoms with Gasteiger partial charge in [0.1, 0.15) is 17.3 Å². The van der Waals surface area contributed by atoms with Crippen molar-refractivity contribution >= 4 is 17.4 Å². The first kappa shape index (κ1) is 12.6. The monoisotopic (exact) mass is 267 g/mol. The number of carbonyl (C=O) groups excluding carboxylic acids is 1. The molecule has 0 fully saturated rings. The van der Waals surface area contributed by atoms with Gasteiger partial charge in [-0.05, 0) is 30.7 Å². The first-order valence-electron chi connectivity index (χ1n) is 5.12. The Kier molecular flexibility index (Phi) is 3.39. The molecule has 0 atom stereocenters. The summed E-state index contributed by atoms with van der Waals surface area (Å²) in [6, 6.07) is 5.28. The van der Waals surface area contributed by atoms with Crippen LogP contribution >= 0.6 is 11.6 Å². The Morgan fingerprint density at radius 1 is 1.28 bits per heavy atom. The van der Waals surface area contributed by atoms with Crippen LogP contribution in [0.25, 0.3) is 0 Å². The van der Waals surface area contributed by atoms with Crippen LogP contribution < -0.4 is 0 Å². The zero-order chi connectivity index (χ0) is 13.3. The second-order valence-corrected chi connectivity index (χ2v) is 4.12. The number of pyridine rings is 1. The zero-order valence-electron chi connectivity index (χ0n) is 9.38. The molecule has 0 spiro atoms. The van der Waals surface area contributed by atoms with E-state index in [2.05, 4.69) is 4.98 Å². The van der Waals surface area contributed by atoms with Crippen molar-refractivity contribution in [1.29, 1.82) is 0 Å². The molecule has 92 valence electrons. The standard InChI is InChI=1S/C13H8ClF2NO/c1-7-4-5-9(15)10(11(7)16)13(18)12-8(14)3-2-6-17-12/h2-6H,1H3. The van der Waals surface area contributed by atoms with Gasteiger partial charge in [0.25, 0.3) is 0 Å². The average Bonchev–Trinajstić information content (AvgIpc) is 2.35. The summed E-state index contributed by atoms with van der Waals surface area (Å²) in [5, 5.41) is 0.0582. The van der Waals surface area contributed by atoms with E-state index in [1.165, 1.54) is 31.3 Å². The van der Waals surface area contributed by atoms with Crippen molar-refractivity contribution in [3.05, 3.63) is 63.9 Å². The number of hydrogen-bond donors (Lipinski definition) is 0. The van der Waals surface area contributed by atoms with Crippen LogP contribution in [0.15, 0.2) is 30.5 Å². The lowest BCUT2D eigenvalue weighted by Crippen LogP contribution is -2.11. The minimum absolute atomic E-state index is 0.0582. The van der Waals surface area contributed by atoms with Gasteiger partial charge in [0.05, 0.1) is 10.6 Å². The highest BCUT2D eigenvalue weighted by atomic mass is 35.5. The first-order chi connectivity index (χ1) is 8.52. The number of nitrogens with zero attached hydrogens (tertiary/aromatic N) is 1. The molecule has 2 nitrogen and oxygen atoms in total. The predicted octanol–water partition coefficient (Wildman–Crippen LogP) is 3.55. The lowest BCUT2D eigenvalue weighted by molar-refractivity contribution is 0.102. The predicted molar refractivity (Wildman–Crippen MR) is 63.8 cm³/mol. The molecule has 0 radical (unpaired) electrons. The van der Waals surface area contributed by atoms with Gasteiger partial charge in [0, 0.05) is 6.20 Å². The number of aromatic nitrogens is 1. The van der Waals surface area contributed by atoms with Crippen molar-refractivity contribution in [3.63, 3.8) is 0 Å². The number of benzene rings is 1. The van der Waals surface area contributed by atoms with Crippen LogP contribution in [0.5, 0.6) is 0 Å². The number of halogens is 3. The zero-order valence-corrected chi connectivity index (χ0v) is 10.1. The van der Waals surface area contributed by atoms with E-state index in [-0.39, 0.29) is 16.3 Å². The molecule has 0 aliphatic carbocycles. The smallest absolute Gasteiger partial charge is 0.218 e. The molecule has 1 aromatic carbocycles. The van der Waals surface area contributed by atoms with Crippen molar-refractivity contribution in [2.75, 3.05) is 0 Å². The van der Waals surface area contributed by atoms with Crippen LogP contribution in [0.2, 0.25) is 5.02 Å². The largest absolute Gasteiger partial charge is 0.287 e. The normalized spacial score (nSPS) is 10.4. The summed E-state index contributed by atoms with van der Waals surface area (Å²) in [6.45, 7) is 1.45. The number of hydrogen-bond acceptors (Lipinski definition) is 2. The number of carbonyl (C=O) groups is 1. The van der Waals surface area contributed by atoms with Gasteiger partial charge in [-0.25, -0.2) is 8.78 Å². The fraction of sp³-hybridized carbons (Fsp3) is 0.0769. The second kappa shape index (κ2) is 4.82. The number of ketones is 1. The van der Waals surface area contributed by atoms with Crippen molar-refractivity contribution < 1.29 is 13.6 Å². The van der Waals surface area contributed by atoms with Gasteiger partial charge in [0.15, 0.2) is 0 Å². The van der Waals surface area contributed by atoms with E-state index in [0.717, 1.165) is 6.07 Å². The SMILES string of the molecule is Cc1ccc(F)c(C(=O)c2ncccc2Cl)c1F. The maximum atomic E-state index is 13.8. The molecule has 0 aliphatic heterocycles. The summed E-state index contributed by atoms with van der Waals surface area (Å²) in [4.78, 5) is 15.8. The molecule has 2 aromatic rings. The lowest BCUT2D eigenvalue weighted by Gasteiger charge is -2.06. The molecule has 18 heavy (non-hydrogen) atoms. The summed E-state index contributed by atoms with van der Waals surface area (Å²) < 4.78 is 27.4. The molecule has 5 heteroatoms. The minimum Gasteiger partial charge on any atom is -0.287 e. The van der Waals surface area contributed by atoms with Gasteiger partial charge in [-0.3, -0.25) is 9.78 Å². The van der Waals surface area contributed by atoms with Gasteiger partial charge in [-0.1, -0.05) is 17.7 Å². The van der Waals surface area contributed by atoms with Crippen molar-refractivity contribution in [2.45, 2.75) is 6.92 Å². The van der Waals surface area contributed by atoms with Gasteiger partial charge in [0.2, 0.25) is 5.78 Å². The topological polar surface area (TPSA) is 30.0 Å². The van der Waals surface area contributed by atoms with E-state index >= 15 is 0 Å². The van der Waals surface area contributed by atoms with Gasteiger partial charge < -0.3 is 0 Å². The molecule has 0 aliphatic rings. The summed E-state index contributed by atoms with van der Waals surface area (Å²) in [7, 11) is 0. The fourth-order valence-corrected chi connectivity index (χ4v) is 1.74. The van der Waals surface area contributed by atoms with Crippen LogP contribution in [0.4, 0.5) is 8.78 Å². The molecule has 1 heterocycles. The minimum atomic E-state index is -0.926. The average molecular weight is 268 g/mol. The maximum Gasteiger partial charge on any atom is 0.218 e. The van der Waals surface area contributed by atoms with Crippen LogP contribution in [0.1, 0.15) is 21.6 Å². The van der Waals surface area contributed by atoms with Crippen LogP contribution in [-0.4, -0.2) is 10.8 Å². The highest BCUT2D eigenvalue weighted by Crippen LogP contribution is 2.22. The van der Waals surface area contributed by atoms with E-state index in [9.17, 15) is 13.6 Å². The number of rotatable bonds is 2.